The number of nitrogens with one attached hydrogen (secondary N) is 1. The van der Waals surface area contributed by atoms with Crippen LogP contribution in [-0.4, -0.2) is 18.5 Å². The molecule has 0 aliphatic heterocycles. The van der Waals surface area contributed by atoms with E-state index in [1.54, 1.807) is 0 Å². The molecule has 0 bridgehead atoms. The first-order valence-electron chi connectivity index (χ1n) is 6.51. The summed E-state index contributed by atoms with van der Waals surface area (Å²) in [5.74, 6) is 0.607. The Bertz CT molecular complexity index is 476. The molecule has 0 radical (unpaired) electrons. The van der Waals surface area contributed by atoms with Gasteiger partial charge in [-0.3, -0.25) is 4.99 Å². The van der Waals surface area contributed by atoms with Gasteiger partial charge in [0, 0.05) is 15.9 Å². The van der Waals surface area contributed by atoms with E-state index in [9.17, 15) is 0 Å². The second kappa shape index (κ2) is 4.57. The predicted octanol–water partition coefficient (Wildman–Crippen LogP) is 2.55. The molecule has 2 aliphatic carbocycles. The lowest BCUT2D eigenvalue weighted by Gasteiger charge is -2.15. The van der Waals surface area contributed by atoms with Gasteiger partial charge in [-0.2, -0.15) is 0 Å². The van der Waals surface area contributed by atoms with Gasteiger partial charge in [0.05, 0.1) is 6.54 Å². The van der Waals surface area contributed by atoms with Gasteiger partial charge in [-0.15, -0.1) is 0 Å². The summed E-state index contributed by atoms with van der Waals surface area (Å²) in [7, 11) is 0. The van der Waals surface area contributed by atoms with Crippen LogP contribution < -0.4 is 11.1 Å². The van der Waals surface area contributed by atoms with Crippen molar-refractivity contribution in [1.82, 2.24) is 5.32 Å². The molecule has 1 aromatic carbocycles. The second-order valence-electron chi connectivity index (χ2n) is 5.38. The minimum absolute atomic E-state index is 0.218. The molecule has 0 saturated heterocycles. The number of halogens is 1. The molecule has 2 fully saturated rings. The minimum Gasteiger partial charge on any atom is -0.370 e. The molecule has 0 aromatic heterocycles. The summed E-state index contributed by atoms with van der Waals surface area (Å²) < 4.78 is 1.19. The standard InChI is InChI=1S/C14H18BrN3/c15-12-4-2-1-3-11(12)14(7-8-14)9-17-13(16)18-10-5-6-10/h1-4,10H,5-9H2,(H3,16,17,18). The van der Waals surface area contributed by atoms with Crippen molar-refractivity contribution in [1.29, 1.82) is 0 Å². The fourth-order valence-electron chi connectivity index (χ4n) is 2.27. The van der Waals surface area contributed by atoms with Gasteiger partial charge in [-0.05, 0) is 37.3 Å². The van der Waals surface area contributed by atoms with E-state index in [1.807, 2.05) is 0 Å². The summed E-state index contributed by atoms with van der Waals surface area (Å²) >= 11 is 3.63. The molecule has 0 atom stereocenters. The number of benzene rings is 1. The molecule has 18 heavy (non-hydrogen) atoms. The van der Waals surface area contributed by atoms with E-state index in [0.717, 1.165) is 6.54 Å². The molecule has 0 amide bonds. The average Bonchev–Trinajstić information content (AvgIpc) is 3.23. The van der Waals surface area contributed by atoms with Crippen molar-refractivity contribution in [2.45, 2.75) is 37.1 Å². The van der Waals surface area contributed by atoms with Crippen LogP contribution in [0, 0.1) is 0 Å². The fourth-order valence-corrected chi connectivity index (χ4v) is 2.98. The SMILES string of the molecule is NC(=NCC1(c2ccccc2Br)CC1)NC1CC1. The van der Waals surface area contributed by atoms with Crippen LogP contribution in [0.15, 0.2) is 33.7 Å². The number of hydrogen-bond donors (Lipinski definition) is 2. The van der Waals surface area contributed by atoms with Crippen molar-refractivity contribution in [2.75, 3.05) is 6.54 Å². The topological polar surface area (TPSA) is 50.4 Å². The summed E-state index contributed by atoms with van der Waals surface area (Å²) in [4.78, 5) is 4.52. The number of hydrogen-bond acceptors (Lipinski definition) is 1. The highest BCUT2D eigenvalue weighted by molar-refractivity contribution is 9.10. The normalized spacial score (nSPS) is 21.7. The van der Waals surface area contributed by atoms with Crippen molar-refractivity contribution in [3.8, 4) is 0 Å². The van der Waals surface area contributed by atoms with Crippen molar-refractivity contribution in [3.63, 3.8) is 0 Å². The number of nitrogens with two attached hydrogens (primary N) is 1. The zero-order valence-corrected chi connectivity index (χ0v) is 11.9. The third kappa shape index (κ3) is 2.53. The van der Waals surface area contributed by atoms with Gasteiger partial charge in [0.2, 0.25) is 0 Å². The van der Waals surface area contributed by atoms with Crippen LogP contribution in [0.5, 0.6) is 0 Å². The molecular weight excluding hydrogens is 290 g/mol. The largest absolute Gasteiger partial charge is 0.370 e. The molecule has 3 nitrogen and oxygen atoms in total. The molecule has 3 rings (SSSR count). The van der Waals surface area contributed by atoms with Crippen LogP contribution in [0.3, 0.4) is 0 Å². The molecule has 2 saturated carbocycles. The van der Waals surface area contributed by atoms with Gasteiger partial charge in [0.1, 0.15) is 0 Å². The van der Waals surface area contributed by atoms with Gasteiger partial charge in [-0.1, -0.05) is 34.1 Å². The Morgan fingerprint density at radius 2 is 2.11 bits per heavy atom. The van der Waals surface area contributed by atoms with E-state index < -0.39 is 0 Å². The van der Waals surface area contributed by atoms with Crippen molar-refractivity contribution < 1.29 is 0 Å². The molecule has 0 spiro atoms. The highest BCUT2D eigenvalue weighted by Crippen LogP contribution is 2.50. The molecule has 2 aliphatic rings. The lowest BCUT2D eigenvalue weighted by molar-refractivity contribution is 0.696. The van der Waals surface area contributed by atoms with E-state index >= 15 is 0 Å². The smallest absolute Gasteiger partial charge is 0.188 e. The third-order valence-electron chi connectivity index (χ3n) is 3.78. The van der Waals surface area contributed by atoms with Crippen LogP contribution in [0.4, 0.5) is 0 Å². The maximum atomic E-state index is 5.89. The van der Waals surface area contributed by atoms with Crippen LogP contribution >= 0.6 is 15.9 Å². The summed E-state index contributed by atoms with van der Waals surface area (Å²) in [6.45, 7) is 0.793. The van der Waals surface area contributed by atoms with Gasteiger partial charge in [0.15, 0.2) is 5.96 Å². The van der Waals surface area contributed by atoms with Crippen molar-refractivity contribution >= 4 is 21.9 Å². The third-order valence-corrected chi connectivity index (χ3v) is 4.47. The van der Waals surface area contributed by atoms with Crippen LogP contribution in [0.25, 0.3) is 0 Å². The van der Waals surface area contributed by atoms with E-state index in [1.165, 1.54) is 35.7 Å². The lowest BCUT2D eigenvalue weighted by atomic mass is 9.96. The average molecular weight is 308 g/mol. The first-order valence-corrected chi connectivity index (χ1v) is 7.30. The Balaban J connectivity index is 1.69. The zero-order chi connectivity index (χ0) is 12.6. The van der Waals surface area contributed by atoms with Crippen LogP contribution in [0.2, 0.25) is 0 Å². The molecule has 3 N–H and O–H groups in total. The Hall–Kier alpha value is -1.03. The fraction of sp³-hybridized carbons (Fsp3) is 0.500. The monoisotopic (exact) mass is 307 g/mol. The Kier molecular flexibility index (Phi) is 3.06. The number of aliphatic imine (C=N–C) groups is 1. The molecule has 4 heteroatoms. The van der Waals surface area contributed by atoms with Gasteiger partial charge in [0.25, 0.3) is 0 Å². The lowest BCUT2D eigenvalue weighted by Crippen LogP contribution is -2.34. The van der Waals surface area contributed by atoms with Gasteiger partial charge >= 0.3 is 0 Å². The second-order valence-corrected chi connectivity index (χ2v) is 6.23. The van der Waals surface area contributed by atoms with E-state index in [0.29, 0.717) is 12.0 Å². The highest BCUT2D eigenvalue weighted by atomic mass is 79.9. The summed E-state index contributed by atoms with van der Waals surface area (Å²) in [6.07, 6.45) is 4.86. The zero-order valence-electron chi connectivity index (χ0n) is 10.3. The van der Waals surface area contributed by atoms with Gasteiger partial charge in [-0.25, -0.2) is 0 Å². The first kappa shape index (κ1) is 12.0. The predicted molar refractivity (Wildman–Crippen MR) is 77.7 cm³/mol. The maximum absolute atomic E-state index is 5.89. The highest BCUT2D eigenvalue weighted by Gasteiger charge is 2.45. The van der Waals surface area contributed by atoms with Crippen LogP contribution in [-0.2, 0) is 5.41 Å². The molecule has 96 valence electrons. The number of guanidine groups is 1. The molecular formula is C14H18BrN3. The van der Waals surface area contributed by atoms with Gasteiger partial charge < -0.3 is 11.1 Å². The summed E-state index contributed by atoms with van der Waals surface area (Å²) in [5.41, 5.74) is 7.48. The Morgan fingerprint density at radius 1 is 1.39 bits per heavy atom. The first-order chi connectivity index (χ1) is 8.70. The van der Waals surface area contributed by atoms with Crippen molar-refractivity contribution in [3.05, 3.63) is 34.3 Å². The van der Waals surface area contributed by atoms with E-state index in [2.05, 4.69) is 50.5 Å². The Labute approximate surface area is 116 Å². The van der Waals surface area contributed by atoms with E-state index in [-0.39, 0.29) is 5.41 Å². The molecule has 0 heterocycles. The summed E-state index contributed by atoms with van der Waals surface area (Å²) in [6, 6.07) is 9.01. The molecule has 1 aromatic rings. The molecule has 0 unspecified atom stereocenters. The quantitative estimate of drug-likeness (QED) is 0.663. The minimum atomic E-state index is 0.218. The Morgan fingerprint density at radius 3 is 2.72 bits per heavy atom. The number of rotatable bonds is 4. The van der Waals surface area contributed by atoms with Crippen molar-refractivity contribution in [2.24, 2.45) is 10.7 Å². The summed E-state index contributed by atoms with van der Waals surface area (Å²) in [5, 5.41) is 3.24. The van der Waals surface area contributed by atoms with E-state index in [4.69, 9.17) is 5.73 Å². The maximum Gasteiger partial charge on any atom is 0.188 e. The number of nitrogens with zero attached hydrogens (tertiary/aromatic N) is 1. The van der Waals surface area contributed by atoms with Crippen LogP contribution in [0.1, 0.15) is 31.2 Å².